The molecule has 8 N–H and O–H groups in total. The Kier molecular flexibility index (Phi) is 28.1. The van der Waals surface area contributed by atoms with Gasteiger partial charge in [-0.05, 0) is 143 Å². The Morgan fingerprint density at radius 1 is 0.540 bits per heavy atom. The molecule has 1 heterocycles. The summed E-state index contributed by atoms with van der Waals surface area (Å²) in [4.78, 5) is 112. The molecule has 1 aliphatic rings. The highest BCUT2D eigenvalue weighted by molar-refractivity contribution is 5.65. The van der Waals surface area contributed by atoms with E-state index in [9.17, 15) is 58.8 Å². The Morgan fingerprint density at radius 2 is 0.931 bits per heavy atom. The molecular weight excluding hydrogens is 1110 g/mol. The van der Waals surface area contributed by atoms with Gasteiger partial charge in [-0.15, -0.1) is 0 Å². The van der Waals surface area contributed by atoms with E-state index in [-0.39, 0.29) is 55.8 Å². The van der Waals surface area contributed by atoms with Crippen molar-refractivity contribution < 1.29 is 58.8 Å². The summed E-state index contributed by atoms with van der Waals surface area (Å²) < 4.78 is 1.68. The normalized spacial score (nSPS) is 38.1. The fourth-order valence-electron chi connectivity index (χ4n) is 15.2. The van der Waals surface area contributed by atoms with Crippen LogP contribution in [0.1, 0.15) is 147 Å². The van der Waals surface area contributed by atoms with Crippen molar-refractivity contribution in [3.63, 3.8) is 0 Å². The SMILES string of the molecule is CC(C)CC1C(C=O)C(O)C(C)C(C=O)C(C)(N=N)C(CC(C)C)C(C=O)C(O)CC(C=O)C(C)(N=N)C(CC(C)C)C(C=O)C(O)(Cc2cccc(Cn3cccn3)c2)C(C)C(C=O)C(C)(N=N)C(CC(C)C)C(C=O)C(O)CC(C=O)C1(C)N=N. The molecular formula is C65H102N10O12. The number of aliphatic hydroxyl groups is 4. The summed E-state index contributed by atoms with van der Waals surface area (Å²) in [5, 5.41) is 72.9. The number of aldehydes is 8. The van der Waals surface area contributed by atoms with Gasteiger partial charge in [0.1, 0.15) is 50.3 Å². The molecule has 1 fully saturated rings. The second-order valence-corrected chi connectivity index (χ2v) is 27.8. The first-order valence-electron chi connectivity index (χ1n) is 30.8. The number of carbonyl (C=O) groups is 8. The van der Waals surface area contributed by atoms with Gasteiger partial charge in [-0.25, -0.2) is 22.1 Å². The molecule has 0 spiro atoms. The molecule has 22 nitrogen and oxygen atoms in total. The van der Waals surface area contributed by atoms with Crippen LogP contribution >= 0.6 is 0 Å². The van der Waals surface area contributed by atoms with Crippen molar-refractivity contribution in [2.75, 3.05) is 0 Å². The molecule has 1 saturated carbocycles. The number of hydrogen-bond donors (Lipinski definition) is 8. The van der Waals surface area contributed by atoms with Gasteiger partial charge in [0, 0.05) is 66.2 Å². The third-order valence-corrected chi connectivity index (χ3v) is 20.5. The predicted molar refractivity (Wildman–Crippen MR) is 324 cm³/mol. The van der Waals surface area contributed by atoms with Crippen molar-refractivity contribution >= 4 is 50.3 Å². The molecule has 1 aromatic heterocycles. The van der Waals surface area contributed by atoms with E-state index >= 15 is 0 Å². The lowest BCUT2D eigenvalue weighted by atomic mass is 9.54. The maximum atomic E-state index is 14.6. The number of aliphatic hydroxyl groups excluding tert-OH is 3. The van der Waals surface area contributed by atoms with E-state index < -0.39 is 142 Å². The molecule has 22 unspecified atom stereocenters. The third-order valence-electron chi connectivity index (χ3n) is 20.5. The highest BCUT2D eigenvalue weighted by atomic mass is 16.3. The van der Waals surface area contributed by atoms with Crippen LogP contribution in [-0.4, -0.2) is 127 Å². The van der Waals surface area contributed by atoms with Crippen molar-refractivity contribution in [3.05, 3.63) is 53.9 Å². The van der Waals surface area contributed by atoms with E-state index in [1.165, 1.54) is 41.5 Å². The lowest BCUT2D eigenvalue weighted by molar-refractivity contribution is -0.153. The number of benzene rings is 1. The summed E-state index contributed by atoms with van der Waals surface area (Å²) in [7, 11) is 0. The number of aromatic nitrogens is 2. The second-order valence-electron chi connectivity index (χ2n) is 27.8. The van der Waals surface area contributed by atoms with Crippen LogP contribution in [0.15, 0.2) is 63.2 Å². The van der Waals surface area contributed by atoms with Crippen molar-refractivity contribution in [1.29, 1.82) is 22.1 Å². The zero-order chi connectivity index (χ0) is 66.2. The van der Waals surface area contributed by atoms with Crippen molar-refractivity contribution in [1.82, 2.24) is 9.78 Å². The van der Waals surface area contributed by atoms with Crippen LogP contribution in [-0.2, 0) is 51.3 Å². The van der Waals surface area contributed by atoms with Crippen molar-refractivity contribution in [2.45, 2.75) is 194 Å². The molecule has 2 aromatic rings. The molecule has 3 rings (SSSR count). The Bertz CT molecular complexity index is 2620. The molecule has 1 aromatic carbocycles. The van der Waals surface area contributed by atoms with Crippen LogP contribution in [0.3, 0.4) is 0 Å². The molecule has 87 heavy (non-hydrogen) atoms. The first-order chi connectivity index (χ1) is 40.8. The molecule has 484 valence electrons. The number of carbonyl (C=O) groups excluding carboxylic acids is 8. The highest BCUT2D eigenvalue weighted by Crippen LogP contribution is 2.53. The fraction of sp³-hybridized carbons (Fsp3) is 0.738. The van der Waals surface area contributed by atoms with Gasteiger partial charge in [-0.2, -0.15) is 25.6 Å². The van der Waals surface area contributed by atoms with Gasteiger partial charge in [-0.3, -0.25) is 4.68 Å². The maximum absolute atomic E-state index is 14.6. The average molecular weight is 1220 g/mol. The Balaban J connectivity index is 2.75. The predicted octanol–water partition coefficient (Wildman–Crippen LogP) is 9.68. The fourth-order valence-corrected chi connectivity index (χ4v) is 15.2. The number of nitrogens with one attached hydrogen (secondary N) is 4. The quantitative estimate of drug-likeness (QED) is 0.0359. The number of rotatable bonds is 24. The summed E-state index contributed by atoms with van der Waals surface area (Å²) in [5.41, 5.74) is 26.6. The number of hydrogen-bond acceptors (Lipinski definition) is 21. The van der Waals surface area contributed by atoms with Gasteiger partial charge in [0.15, 0.2) is 0 Å². The number of nitrogens with zero attached hydrogens (tertiary/aromatic N) is 6. The van der Waals surface area contributed by atoms with E-state index in [0.717, 1.165) is 5.56 Å². The highest BCUT2D eigenvalue weighted by Gasteiger charge is 2.61. The summed E-state index contributed by atoms with van der Waals surface area (Å²) in [6.07, 6.45) is 0.210. The standard InChI is InChI=1S/C65H102N10O12/c1-38(2)21-51-48(32-78)59(85)27-47(31-77)62(12,72-67)54(24-41(7)8)57(37-83)65(87,28-44-17-15-18-45(25-44)29-75-20-16-19-70-75)43(10)56(36-82)64(14,74-69)52(22-39(3)4)49(33-79)58(84)26-46(30-76)61(11,71-66)53(23-40(5)6)50(34-80)60(86)42(9)55(35-81)63(51,13)73-68/h15-20,25,30-43,46-60,66-69,84-87H,21-24,26-29H2,1-14H3. The average Bonchev–Trinajstić information content (AvgIpc) is 0.915. The molecule has 0 radical (unpaired) electrons. The topological polar surface area (TPSA) is 380 Å². The second kappa shape index (κ2) is 32.5. The van der Waals surface area contributed by atoms with E-state index in [4.69, 9.17) is 22.1 Å². The maximum Gasteiger partial charge on any atom is 0.126 e. The van der Waals surface area contributed by atoms with Gasteiger partial charge in [0.25, 0.3) is 0 Å². The van der Waals surface area contributed by atoms with Gasteiger partial charge >= 0.3 is 0 Å². The minimum Gasteiger partial charge on any atom is -0.392 e. The molecule has 0 amide bonds. The summed E-state index contributed by atoms with van der Waals surface area (Å²) in [6, 6.07) is 8.85. The molecule has 0 saturated heterocycles. The largest absolute Gasteiger partial charge is 0.392 e. The van der Waals surface area contributed by atoms with Crippen LogP contribution in [0.2, 0.25) is 0 Å². The van der Waals surface area contributed by atoms with Gasteiger partial charge in [0.2, 0.25) is 0 Å². The van der Waals surface area contributed by atoms with Gasteiger partial charge in [-0.1, -0.05) is 93.5 Å². The van der Waals surface area contributed by atoms with Crippen LogP contribution < -0.4 is 0 Å². The van der Waals surface area contributed by atoms with E-state index in [0.29, 0.717) is 62.4 Å². The van der Waals surface area contributed by atoms with Gasteiger partial charge < -0.3 is 58.8 Å². The molecule has 22 heteroatoms. The molecule has 0 bridgehead atoms. The lowest BCUT2D eigenvalue weighted by Gasteiger charge is -2.52. The van der Waals surface area contributed by atoms with Crippen molar-refractivity contribution in [2.24, 2.45) is 127 Å². The molecule has 0 aliphatic heterocycles. The molecule has 22 atom stereocenters. The summed E-state index contributed by atoms with van der Waals surface area (Å²) in [5.74, 6) is -21.2. The Morgan fingerprint density at radius 3 is 1.30 bits per heavy atom. The lowest BCUT2D eigenvalue weighted by Crippen LogP contribution is -2.61. The van der Waals surface area contributed by atoms with Crippen LogP contribution in [0.4, 0.5) is 0 Å². The van der Waals surface area contributed by atoms with Crippen molar-refractivity contribution in [3.8, 4) is 0 Å². The zero-order valence-electron chi connectivity index (χ0n) is 53.7. The minimum atomic E-state index is -2.41. The first-order valence-corrected chi connectivity index (χ1v) is 30.8. The van der Waals surface area contributed by atoms with Gasteiger partial charge in [0.05, 0.1) is 52.6 Å². The smallest absolute Gasteiger partial charge is 0.126 e. The first kappa shape index (κ1) is 75.3. The van der Waals surface area contributed by atoms with Crippen LogP contribution in [0, 0.1) is 129 Å². The summed E-state index contributed by atoms with van der Waals surface area (Å²) in [6.45, 7) is 23.5. The summed E-state index contributed by atoms with van der Waals surface area (Å²) >= 11 is 0. The monoisotopic (exact) mass is 1210 g/mol. The van der Waals surface area contributed by atoms with Crippen LogP contribution in [0.5, 0.6) is 0 Å². The van der Waals surface area contributed by atoms with Crippen LogP contribution in [0.25, 0.3) is 0 Å². The minimum absolute atomic E-state index is 0.0103. The zero-order valence-corrected chi connectivity index (χ0v) is 53.7. The van der Waals surface area contributed by atoms with E-state index in [1.807, 2.05) is 33.8 Å². The Labute approximate surface area is 514 Å². The van der Waals surface area contributed by atoms with E-state index in [1.54, 1.807) is 69.0 Å². The Hall–Kier alpha value is -5.97. The van der Waals surface area contributed by atoms with E-state index in [2.05, 4.69) is 25.6 Å². The molecule has 1 aliphatic carbocycles. The third kappa shape index (κ3) is 16.5.